The molecule has 0 fully saturated rings. The zero-order valence-electron chi connectivity index (χ0n) is 13.8. The van der Waals surface area contributed by atoms with Gasteiger partial charge in [0.1, 0.15) is 5.75 Å². The molecule has 24 heavy (non-hydrogen) atoms. The molecule has 0 radical (unpaired) electrons. The van der Waals surface area contributed by atoms with Gasteiger partial charge in [0, 0.05) is 5.02 Å². The summed E-state index contributed by atoms with van der Waals surface area (Å²) in [4.78, 5) is 24.6. The van der Waals surface area contributed by atoms with Crippen LogP contribution in [0.5, 0.6) is 5.75 Å². The molecule has 0 aliphatic heterocycles. The largest absolute Gasteiger partial charge is 0.462 e. The van der Waals surface area contributed by atoms with E-state index in [2.05, 4.69) is 0 Å². The van der Waals surface area contributed by atoms with Gasteiger partial charge in [-0.15, -0.1) is 0 Å². The van der Waals surface area contributed by atoms with Gasteiger partial charge in [0.2, 0.25) is 0 Å². The van der Waals surface area contributed by atoms with Crippen molar-refractivity contribution >= 4 is 23.5 Å². The molecule has 0 aromatic heterocycles. The fourth-order valence-corrected chi connectivity index (χ4v) is 2.27. The molecule has 2 aromatic rings. The summed E-state index contributed by atoms with van der Waals surface area (Å²) in [6.07, 6.45) is 0. The standard InChI is InChI=1S/C19H19ClO4/c1-12(2)11-23-18(21)15-6-4-5-7-16(15)19(22)24-17-9-8-14(20)10-13(17)3/h4-10,12H,11H2,1-3H3. The van der Waals surface area contributed by atoms with Gasteiger partial charge in [0.15, 0.2) is 0 Å². The fourth-order valence-electron chi connectivity index (χ4n) is 2.04. The Bertz CT molecular complexity index is 753. The summed E-state index contributed by atoms with van der Waals surface area (Å²) in [6, 6.07) is 11.4. The van der Waals surface area contributed by atoms with Crippen LogP contribution in [0, 0.1) is 12.8 Å². The van der Waals surface area contributed by atoms with Crippen molar-refractivity contribution in [3.63, 3.8) is 0 Å². The van der Waals surface area contributed by atoms with Gasteiger partial charge in [-0.05, 0) is 48.7 Å². The van der Waals surface area contributed by atoms with E-state index < -0.39 is 11.9 Å². The molecule has 2 rings (SSSR count). The summed E-state index contributed by atoms with van der Waals surface area (Å²) in [6.45, 7) is 5.96. The molecule has 5 heteroatoms. The minimum Gasteiger partial charge on any atom is -0.462 e. The van der Waals surface area contributed by atoms with Crippen LogP contribution in [0.1, 0.15) is 40.1 Å². The summed E-state index contributed by atoms with van der Waals surface area (Å²) in [5.41, 5.74) is 1.09. The Morgan fingerprint density at radius 1 is 1.04 bits per heavy atom. The topological polar surface area (TPSA) is 52.6 Å². The minimum absolute atomic E-state index is 0.167. The Labute approximate surface area is 146 Å². The van der Waals surface area contributed by atoms with Gasteiger partial charge < -0.3 is 9.47 Å². The van der Waals surface area contributed by atoms with Crippen molar-refractivity contribution in [3.8, 4) is 5.75 Å². The number of aryl methyl sites for hydroxylation is 1. The first-order valence-electron chi connectivity index (χ1n) is 7.63. The van der Waals surface area contributed by atoms with Gasteiger partial charge in [0.25, 0.3) is 0 Å². The van der Waals surface area contributed by atoms with E-state index in [4.69, 9.17) is 21.1 Å². The fraction of sp³-hybridized carbons (Fsp3) is 0.263. The lowest BCUT2D eigenvalue weighted by molar-refractivity contribution is 0.0452. The number of benzene rings is 2. The predicted molar refractivity (Wildman–Crippen MR) is 92.7 cm³/mol. The molecule has 0 aliphatic rings. The van der Waals surface area contributed by atoms with Gasteiger partial charge in [-0.25, -0.2) is 9.59 Å². The SMILES string of the molecule is Cc1cc(Cl)ccc1OC(=O)c1ccccc1C(=O)OCC(C)C. The number of hydrogen-bond donors (Lipinski definition) is 0. The average molecular weight is 347 g/mol. The van der Waals surface area contributed by atoms with Crippen LogP contribution in [0.2, 0.25) is 5.02 Å². The van der Waals surface area contributed by atoms with Crippen LogP contribution in [0.4, 0.5) is 0 Å². The lowest BCUT2D eigenvalue weighted by atomic mass is 10.1. The van der Waals surface area contributed by atoms with Crippen LogP contribution in [-0.2, 0) is 4.74 Å². The third-order valence-corrected chi connectivity index (χ3v) is 3.49. The Morgan fingerprint density at radius 3 is 2.25 bits per heavy atom. The second kappa shape index (κ2) is 7.97. The summed E-state index contributed by atoms with van der Waals surface area (Å²) in [7, 11) is 0. The Kier molecular flexibility index (Phi) is 5.99. The van der Waals surface area contributed by atoms with E-state index >= 15 is 0 Å². The molecular weight excluding hydrogens is 328 g/mol. The maximum Gasteiger partial charge on any atom is 0.344 e. The van der Waals surface area contributed by atoms with Gasteiger partial charge in [-0.2, -0.15) is 0 Å². The van der Waals surface area contributed by atoms with Crippen LogP contribution in [-0.4, -0.2) is 18.5 Å². The first-order chi connectivity index (χ1) is 11.4. The molecular formula is C19H19ClO4. The number of carbonyl (C=O) groups excluding carboxylic acids is 2. The maximum atomic E-state index is 12.5. The average Bonchev–Trinajstić information content (AvgIpc) is 2.55. The summed E-state index contributed by atoms with van der Waals surface area (Å²) in [5, 5.41) is 0.560. The van der Waals surface area contributed by atoms with E-state index in [1.165, 1.54) is 0 Å². The normalized spacial score (nSPS) is 10.5. The molecule has 0 saturated heterocycles. The lowest BCUT2D eigenvalue weighted by Gasteiger charge is -2.11. The van der Waals surface area contributed by atoms with Crippen LogP contribution in [0.3, 0.4) is 0 Å². The second-order valence-electron chi connectivity index (χ2n) is 5.84. The van der Waals surface area contributed by atoms with E-state index in [0.29, 0.717) is 17.4 Å². The third kappa shape index (κ3) is 4.59. The third-order valence-electron chi connectivity index (χ3n) is 3.25. The summed E-state index contributed by atoms with van der Waals surface area (Å²) in [5.74, 6) is -0.541. The van der Waals surface area contributed by atoms with E-state index in [0.717, 1.165) is 5.56 Å². The number of ether oxygens (including phenoxy) is 2. The van der Waals surface area contributed by atoms with Crippen molar-refractivity contribution in [1.29, 1.82) is 0 Å². The second-order valence-corrected chi connectivity index (χ2v) is 6.27. The van der Waals surface area contributed by atoms with Crippen molar-refractivity contribution in [2.24, 2.45) is 5.92 Å². The number of hydrogen-bond acceptors (Lipinski definition) is 4. The van der Waals surface area contributed by atoms with Crippen LogP contribution < -0.4 is 4.74 Å². The van der Waals surface area contributed by atoms with Crippen molar-refractivity contribution in [2.45, 2.75) is 20.8 Å². The van der Waals surface area contributed by atoms with E-state index in [-0.39, 0.29) is 17.0 Å². The molecule has 0 spiro atoms. The van der Waals surface area contributed by atoms with Crippen molar-refractivity contribution in [2.75, 3.05) is 6.61 Å². The monoisotopic (exact) mass is 346 g/mol. The highest BCUT2D eigenvalue weighted by molar-refractivity contribution is 6.30. The van der Waals surface area contributed by atoms with E-state index in [9.17, 15) is 9.59 Å². The molecule has 0 unspecified atom stereocenters. The van der Waals surface area contributed by atoms with Crippen molar-refractivity contribution < 1.29 is 19.1 Å². The summed E-state index contributed by atoms with van der Waals surface area (Å²) >= 11 is 5.90. The quantitative estimate of drug-likeness (QED) is 0.582. The lowest BCUT2D eigenvalue weighted by Crippen LogP contribution is -2.17. The van der Waals surface area contributed by atoms with Crippen LogP contribution in [0.25, 0.3) is 0 Å². The van der Waals surface area contributed by atoms with E-state index in [1.54, 1.807) is 49.4 Å². The first-order valence-corrected chi connectivity index (χ1v) is 8.00. The number of carbonyl (C=O) groups is 2. The molecule has 0 atom stereocenters. The van der Waals surface area contributed by atoms with Gasteiger partial charge in [-0.3, -0.25) is 0 Å². The van der Waals surface area contributed by atoms with Gasteiger partial charge in [-0.1, -0.05) is 37.6 Å². The highest BCUT2D eigenvalue weighted by Crippen LogP contribution is 2.23. The Morgan fingerprint density at radius 2 is 1.67 bits per heavy atom. The highest BCUT2D eigenvalue weighted by atomic mass is 35.5. The van der Waals surface area contributed by atoms with Gasteiger partial charge in [0.05, 0.1) is 17.7 Å². The molecule has 0 saturated carbocycles. The van der Waals surface area contributed by atoms with E-state index in [1.807, 2.05) is 13.8 Å². The number of halogens is 1. The molecule has 0 heterocycles. The van der Waals surface area contributed by atoms with Crippen molar-refractivity contribution in [1.82, 2.24) is 0 Å². The van der Waals surface area contributed by atoms with Crippen LogP contribution >= 0.6 is 11.6 Å². The maximum absolute atomic E-state index is 12.5. The number of rotatable bonds is 5. The van der Waals surface area contributed by atoms with Crippen molar-refractivity contribution in [3.05, 3.63) is 64.2 Å². The molecule has 4 nitrogen and oxygen atoms in total. The zero-order chi connectivity index (χ0) is 17.7. The van der Waals surface area contributed by atoms with Crippen LogP contribution in [0.15, 0.2) is 42.5 Å². The van der Waals surface area contributed by atoms with Gasteiger partial charge >= 0.3 is 11.9 Å². The Balaban J connectivity index is 2.22. The molecule has 0 aliphatic carbocycles. The molecule has 0 amide bonds. The molecule has 2 aromatic carbocycles. The first kappa shape index (κ1) is 18.0. The Hall–Kier alpha value is -2.33. The minimum atomic E-state index is -0.613. The molecule has 0 bridgehead atoms. The predicted octanol–water partition coefficient (Wildman–Crippen LogP) is 4.68. The summed E-state index contributed by atoms with van der Waals surface area (Å²) < 4.78 is 10.6. The molecule has 0 N–H and O–H groups in total. The number of esters is 2. The highest BCUT2D eigenvalue weighted by Gasteiger charge is 2.20. The smallest absolute Gasteiger partial charge is 0.344 e. The zero-order valence-corrected chi connectivity index (χ0v) is 14.6. The molecule has 126 valence electrons.